The largest absolute Gasteiger partial charge is 0.394 e. The summed E-state index contributed by atoms with van der Waals surface area (Å²) in [6, 6.07) is 5.19. The van der Waals surface area contributed by atoms with E-state index in [1.54, 1.807) is 6.07 Å². The zero-order valence-electron chi connectivity index (χ0n) is 15.1. The molecule has 3 N–H and O–H groups in total. The smallest absolute Gasteiger partial charge is 0.306 e. The maximum absolute atomic E-state index is 13.5. The number of nitro groups is 1. The molecule has 1 aliphatic rings. The molecule has 0 bridgehead atoms. The molecular weight excluding hydrogens is 353 g/mol. The summed E-state index contributed by atoms with van der Waals surface area (Å²) in [5.41, 5.74) is 0.624. The van der Waals surface area contributed by atoms with E-state index in [0.29, 0.717) is 23.4 Å². The third kappa shape index (κ3) is 4.68. The summed E-state index contributed by atoms with van der Waals surface area (Å²) >= 11 is 0. The number of hydrogen-bond acceptors (Lipinski definition) is 7. The number of hydrogen-bond donors (Lipinski definition) is 3. The molecule has 1 atom stereocenters. The lowest BCUT2D eigenvalue weighted by Gasteiger charge is -2.20. The maximum atomic E-state index is 13.5. The first-order valence-electron chi connectivity index (χ1n) is 8.84. The van der Waals surface area contributed by atoms with E-state index < -0.39 is 16.4 Å². The molecule has 0 spiro atoms. The molecule has 1 aromatic heterocycles. The summed E-state index contributed by atoms with van der Waals surface area (Å²) in [5, 5.41) is 26.6. The molecule has 1 aliphatic carbocycles. The maximum Gasteiger partial charge on any atom is 0.306 e. The Labute approximate surface area is 156 Å². The van der Waals surface area contributed by atoms with Crippen molar-refractivity contribution in [2.45, 2.75) is 38.6 Å². The molecule has 1 saturated carbocycles. The summed E-state index contributed by atoms with van der Waals surface area (Å²) < 4.78 is 13.5. The number of aromatic nitrogens is 2. The fourth-order valence-corrected chi connectivity index (χ4v) is 2.65. The highest BCUT2D eigenvalue weighted by Gasteiger charge is 2.27. The highest BCUT2D eigenvalue weighted by atomic mass is 19.1. The van der Waals surface area contributed by atoms with E-state index >= 15 is 0 Å². The van der Waals surface area contributed by atoms with Crippen LogP contribution in [0.25, 0.3) is 0 Å². The first kappa shape index (κ1) is 19.0. The predicted molar refractivity (Wildman–Crippen MR) is 99.7 cm³/mol. The van der Waals surface area contributed by atoms with Gasteiger partial charge in [-0.25, -0.2) is 4.98 Å². The standard InChI is InChI=1S/C18H22FN5O3/c1-10(2)15(9-25)22-18-21-14(11-3-4-11)8-17(23-18)20-12-5-6-13(19)16(7-12)24(26)27/h5-8,10-11,15,25H,3-4,9H2,1-2H3,(H2,20,21,22,23)/t15-/m1/s1. The monoisotopic (exact) mass is 375 g/mol. The predicted octanol–water partition coefficient (Wildman–Crippen LogP) is 3.57. The molecule has 1 fully saturated rings. The van der Waals surface area contributed by atoms with Crippen LogP contribution in [0.2, 0.25) is 0 Å². The Morgan fingerprint density at radius 2 is 2.07 bits per heavy atom. The van der Waals surface area contributed by atoms with E-state index in [-0.39, 0.29) is 18.6 Å². The lowest BCUT2D eigenvalue weighted by Crippen LogP contribution is -2.30. The highest BCUT2D eigenvalue weighted by molar-refractivity contribution is 5.61. The Morgan fingerprint density at radius 3 is 2.67 bits per heavy atom. The second-order valence-corrected chi connectivity index (χ2v) is 7.00. The van der Waals surface area contributed by atoms with E-state index in [2.05, 4.69) is 20.6 Å². The minimum absolute atomic E-state index is 0.0540. The summed E-state index contributed by atoms with van der Waals surface area (Å²) in [5.74, 6) is 0.488. The van der Waals surface area contributed by atoms with Crippen molar-refractivity contribution in [2.24, 2.45) is 5.92 Å². The SMILES string of the molecule is CC(C)[C@@H](CO)Nc1nc(Nc2ccc(F)c([N+](=O)[O-])c2)cc(C2CC2)n1. The van der Waals surface area contributed by atoms with Crippen molar-refractivity contribution in [3.8, 4) is 0 Å². The highest BCUT2D eigenvalue weighted by Crippen LogP contribution is 2.40. The third-order valence-electron chi connectivity index (χ3n) is 4.47. The summed E-state index contributed by atoms with van der Waals surface area (Å²) in [6.07, 6.45) is 2.09. The number of aliphatic hydroxyl groups excluding tert-OH is 1. The molecule has 1 heterocycles. The van der Waals surface area contributed by atoms with Crippen molar-refractivity contribution in [2.75, 3.05) is 17.2 Å². The number of rotatable bonds is 8. The summed E-state index contributed by atoms with van der Waals surface area (Å²) in [7, 11) is 0. The van der Waals surface area contributed by atoms with Gasteiger partial charge in [0.05, 0.1) is 23.3 Å². The van der Waals surface area contributed by atoms with Gasteiger partial charge in [0.25, 0.3) is 0 Å². The lowest BCUT2D eigenvalue weighted by molar-refractivity contribution is -0.387. The fourth-order valence-electron chi connectivity index (χ4n) is 2.65. The molecule has 144 valence electrons. The minimum Gasteiger partial charge on any atom is -0.394 e. The Balaban J connectivity index is 1.88. The van der Waals surface area contributed by atoms with E-state index in [0.717, 1.165) is 30.7 Å². The number of benzene rings is 1. The van der Waals surface area contributed by atoms with E-state index in [1.807, 2.05) is 13.8 Å². The van der Waals surface area contributed by atoms with Crippen LogP contribution in [-0.4, -0.2) is 32.6 Å². The van der Waals surface area contributed by atoms with Gasteiger partial charge in [-0.15, -0.1) is 0 Å². The average Bonchev–Trinajstić information content (AvgIpc) is 3.46. The zero-order valence-corrected chi connectivity index (χ0v) is 15.1. The van der Waals surface area contributed by atoms with Gasteiger partial charge in [0.15, 0.2) is 0 Å². The second kappa shape index (κ2) is 7.83. The molecule has 0 amide bonds. The molecular formula is C18H22FN5O3. The zero-order chi connectivity index (χ0) is 19.6. The van der Waals surface area contributed by atoms with Gasteiger partial charge in [0, 0.05) is 23.7 Å². The van der Waals surface area contributed by atoms with Crippen molar-refractivity contribution in [3.05, 3.63) is 45.9 Å². The molecule has 1 aromatic carbocycles. The molecule has 9 heteroatoms. The molecule has 0 saturated heterocycles. The van der Waals surface area contributed by atoms with Gasteiger partial charge in [-0.2, -0.15) is 9.37 Å². The van der Waals surface area contributed by atoms with Gasteiger partial charge >= 0.3 is 5.69 Å². The van der Waals surface area contributed by atoms with Crippen molar-refractivity contribution in [1.82, 2.24) is 9.97 Å². The minimum atomic E-state index is -0.892. The van der Waals surface area contributed by atoms with Crippen molar-refractivity contribution in [1.29, 1.82) is 0 Å². The van der Waals surface area contributed by atoms with Crippen LogP contribution >= 0.6 is 0 Å². The van der Waals surface area contributed by atoms with Crippen molar-refractivity contribution < 1.29 is 14.4 Å². The number of nitro benzene ring substituents is 1. The average molecular weight is 375 g/mol. The lowest BCUT2D eigenvalue weighted by atomic mass is 10.1. The first-order valence-corrected chi connectivity index (χ1v) is 8.84. The van der Waals surface area contributed by atoms with Crippen molar-refractivity contribution in [3.63, 3.8) is 0 Å². The molecule has 3 rings (SSSR count). The normalized spacial score (nSPS) is 14.9. The first-order chi connectivity index (χ1) is 12.9. The van der Waals surface area contributed by atoms with Gasteiger partial charge in [0.1, 0.15) is 5.82 Å². The Morgan fingerprint density at radius 1 is 1.33 bits per heavy atom. The number of anilines is 3. The van der Waals surface area contributed by atoms with Crippen LogP contribution in [0, 0.1) is 21.8 Å². The third-order valence-corrected chi connectivity index (χ3v) is 4.47. The van der Waals surface area contributed by atoms with Gasteiger partial charge in [0.2, 0.25) is 11.8 Å². The Bertz CT molecular complexity index is 842. The fraction of sp³-hybridized carbons (Fsp3) is 0.444. The number of halogens is 1. The number of nitrogens with zero attached hydrogens (tertiary/aromatic N) is 3. The van der Waals surface area contributed by atoms with Crippen LogP contribution in [0.1, 0.15) is 38.3 Å². The number of nitrogens with one attached hydrogen (secondary N) is 2. The van der Waals surface area contributed by atoms with Crippen LogP contribution in [-0.2, 0) is 0 Å². The van der Waals surface area contributed by atoms with E-state index in [4.69, 9.17) is 0 Å². The van der Waals surface area contributed by atoms with Gasteiger partial charge in [-0.3, -0.25) is 10.1 Å². The van der Waals surface area contributed by atoms with Crippen LogP contribution in [0.15, 0.2) is 24.3 Å². The van der Waals surface area contributed by atoms with Gasteiger partial charge in [-0.1, -0.05) is 13.8 Å². The molecule has 2 aromatic rings. The van der Waals surface area contributed by atoms with Gasteiger partial charge in [-0.05, 0) is 30.9 Å². The van der Waals surface area contributed by atoms with Crippen LogP contribution in [0.5, 0.6) is 0 Å². The molecule has 0 unspecified atom stereocenters. The van der Waals surface area contributed by atoms with Crippen LogP contribution in [0.4, 0.5) is 27.5 Å². The molecule has 27 heavy (non-hydrogen) atoms. The Hall–Kier alpha value is -2.81. The topological polar surface area (TPSA) is 113 Å². The molecule has 0 radical (unpaired) electrons. The van der Waals surface area contributed by atoms with Crippen LogP contribution in [0.3, 0.4) is 0 Å². The Kier molecular flexibility index (Phi) is 5.50. The van der Waals surface area contributed by atoms with Crippen molar-refractivity contribution >= 4 is 23.1 Å². The summed E-state index contributed by atoms with van der Waals surface area (Å²) in [4.78, 5) is 19.1. The van der Waals surface area contributed by atoms with E-state index in [9.17, 15) is 19.6 Å². The molecule has 8 nitrogen and oxygen atoms in total. The second-order valence-electron chi connectivity index (χ2n) is 7.00. The van der Waals surface area contributed by atoms with Crippen LogP contribution < -0.4 is 10.6 Å². The quantitative estimate of drug-likeness (QED) is 0.477. The number of aliphatic hydroxyl groups is 1. The van der Waals surface area contributed by atoms with E-state index in [1.165, 1.54) is 6.07 Å². The summed E-state index contributed by atoms with van der Waals surface area (Å²) in [6.45, 7) is 3.91. The molecule has 0 aliphatic heterocycles. The van der Waals surface area contributed by atoms with Gasteiger partial charge < -0.3 is 15.7 Å².